The molecule has 66 valence electrons. The van der Waals surface area contributed by atoms with Crippen LogP contribution in [0.25, 0.3) is 0 Å². The van der Waals surface area contributed by atoms with Crippen LogP contribution >= 0.6 is 0 Å². The number of hydrogen-bond acceptors (Lipinski definition) is 3. The zero-order valence-electron chi connectivity index (χ0n) is 7.16. The van der Waals surface area contributed by atoms with E-state index in [1.54, 1.807) is 6.07 Å². The van der Waals surface area contributed by atoms with E-state index in [4.69, 9.17) is 15.7 Å². The van der Waals surface area contributed by atoms with Gasteiger partial charge in [0.25, 0.3) is 0 Å². The van der Waals surface area contributed by atoms with Crippen molar-refractivity contribution in [3.8, 4) is 11.8 Å². The quantitative estimate of drug-likeness (QED) is 0.645. The van der Waals surface area contributed by atoms with Crippen LogP contribution in [0.2, 0.25) is 0 Å². The molecule has 0 spiro atoms. The summed E-state index contributed by atoms with van der Waals surface area (Å²) in [6, 6.07) is 7.51. The van der Waals surface area contributed by atoms with Gasteiger partial charge in [0.05, 0.1) is 18.2 Å². The lowest BCUT2D eigenvalue weighted by Gasteiger charge is -2.23. The highest BCUT2D eigenvalue weighted by atomic mass is 16.5. The summed E-state index contributed by atoms with van der Waals surface area (Å²) in [5.74, 6) is 0.762. The van der Waals surface area contributed by atoms with Crippen molar-refractivity contribution in [3.63, 3.8) is 0 Å². The van der Waals surface area contributed by atoms with E-state index in [0.29, 0.717) is 12.2 Å². The highest BCUT2D eigenvalue weighted by Crippen LogP contribution is 2.32. The van der Waals surface area contributed by atoms with Gasteiger partial charge in [-0.1, -0.05) is 6.07 Å². The molecule has 0 amide bonds. The molecule has 0 radical (unpaired) electrons. The maximum atomic E-state index is 8.85. The van der Waals surface area contributed by atoms with Gasteiger partial charge >= 0.3 is 0 Å². The highest BCUT2D eigenvalue weighted by Gasteiger charge is 2.20. The lowest BCUT2D eigenvalue weighted by molar-refractivity contribution is 0.268. The molecule has 1 heterocycles. The van der Waals surface area contributed by atoms with Gasteiger partial charge in [-0.2, -0.15) is 5.26 Å². The molecule has 2 N–H and O–H groups in total. The van der Waals surface area contributed by atoms with Gasteiger partial charge in [-0.25, -0.2) is 0 Å². The average molecular weight is 174 g/mol. The minimum Gasteiger partial charge on any atom is -0.493 e. The van der Waals surface area contributed by atoms with Gasteiger partial charge in [0.2, 0.25) is 0 Å². The van der Waals surface area contributed by atoms with Crippen molar-refractivity contribution in [1.82, 2.24) is 0 Å². The van der Waals surface area contributed by atoms with Crippen LogP contribution in [0.5, 0.6) is 5.75 Å². The van der Waals surface area contributed by atoms with Crippen molar-refractivity contribution in [2.45, 2.75) is 12.5 Å². The maximum Gasteiger partial charge on any atom is 0.125 e. The first kappa shape index (κ1) is 8.09. The van der Waals surface area contributed by atoms with Crippen molar-refractivity contribution in [1.29, 1.82) is 5.26 Å². The molecule has 3 nitrogen and oxygen atoms in total. The predicted octanol–water partition coefficient (Wildman–Crippen LogP) is 1.34. The molecule has 2 rings (SSSR count). The van der Waals surface area contributed by atoms with Crippen molar-refractivity contribution in [3.05, 3.63) is 29.3 Å². The SMILES string of the molecule is N#Cc1cccc2c1C(N)CCO2. The van der Waals surface area contributed by atoms with Gasteiger partial charge in [-0.15, -0.1) is 0 Å². The molecular formula is C10H10N2O. The topological polar surface area (TPSA) is 59.0 Å². The molecule has 3 heteroatoms. The zero-order valence-corrected chi connectivity index (χ0v) is 7.16. The van der Waals surface area contributed by atoms with Crippen LogP contribution in [0.15, 0.2) is 18.2 Å². The van der Waals surface area contributed by atoms with Gasteiger partial charge in [0, 0.05) is 18.0 Å². The summed E-state index contributed by atoms with van der Waals surface area (Å²) in [5.41, 5.74) is 7.38. The maximum absolute atomic E-state index is 8.85. The van der Waals surface area contributed by atoms with E-state index in [1.165, 1.54) is 0 Å². The van der Waals surface area contributed by atoms with Gasteiger partial charge in [-0.05, 0) is 12.1 Å². The van der Waals surface area contributed by atoms with Gasteiger partial charge < -0.3 is 10.5 Å². The number of rotatable bonds is 0. The molecule has 1 aromatic carbocycles. The molecule has 1 aliphatic heterocycles. The van der Waals surface area contributed by atoms with Crippen LogP contribution in [0.4, 0.5) is 0 Å². The molecule has 0 saturated carbocycles. The van der Waals surface area contributed by atoms with Crippen LogP contribution in [-0.4, -0.2) is 6.61 Å². The fourth-order valence-corrected chi connectivity index (χ4v) is 1.59. The van der Waals surface area contributed by atoms with Crippen molar-refractivity contribution >= 4 is 0 Å². The predicted molar refractivity (Wildman–Crippen MR) is 48.2 cm³/mol. The number of nitrogens with zero attached hydrogens (tertiary/aromatic N) is 1. The van der Waals surface area contributed by atoms with E-state index in [-0.39, 0.29) is 6.04 Å². The summed E-state index contributed by atoms with van der Waals surface area (Å²) in [4.78, 5) is 0. The number of nitriles is 1. The summed E-state index contributed by atoms with van der Waals surface area (Å²) in [6.45, 7) is 0.642. The smallest absolute Gasteiger partial charge is 0.125 e. The Balaban J connectivity index is 2.58. The molecule has 1 aromatic rings. The minimum absolute atomic E-state index is 0.0559. The molecule has 0 aromatic heterocycles. The highest BCUT2D eigenvalue weighted by molar-refractivity contribution is 5.49. The molecular weight excluding hydrogens is 164 g/mol. The van der Waals surface area contributed by atoms with Crippen LogP contribution in [0, 0.1) is 11.3 Å². The molecule has 0 bridgehead atoms. The second-order valence-electron chi connectivity index (χ2n) is 3.07. The largest absolute Gasteiger partial charge is 0.493 e. The first-order valence-corrected chi connectivity index (χ1v) is 4.24. The Morgan fingerprint density at radius 2 is 2.38 bits per heavy atom. The molecule has 0 saturated heterocycles. The Bertz CT molecular complexity index is 368. The first-order valence-electron chi connectivity index (χ1n) is 4.24. The van der Waals surface area contributed by atoms with Crippen LogP contribution < -0.4 is 10.5 Å². The normalized spacial score (nSPS) is 19.8. The number of nitrogens with two attached hydrogens (primary N) is 1. The Labute approximate surface area is 76.7 Å². The van der Waals surface area contributed by atoms with Crippen molar-refractivity contribution < 1.29 is 4.74 Å². The molecule has 0 aliphatic carbocycles. The van der Waals surface area contributed by atoms with E-state index in [9.17, 15) is 0 Å². The van der Waals surface area contributed by atoms with Crippen molar-refractivity contribution in [2.24, 2.45) is 5.73 Å². The third-order valence-electron chi connectivity index (χ3n) is 2.24. The average Bonchev–Trinajstić information content (AvgIpc) is 2.17. The van der Waals surface area contributed by atoms with Crippen LogP contribution in [-0.2, 0) is 0 Å². The van der Waals surface area contributed by atoms with Gasteiger partial charge in [0.15, 0.2) is 0 Å². The van der Waals surface area contributed by atoms with E-state index >= 15 is 0 Å². The third kappa shape index (κ3) is 1.25. The Morgan fingerprint density at radius 3 is 3.15 bits per heavy atom. The summed E-state index contributed by atoms with van der Waals surface area (Å²) in [5, 5.41) is 8.85. The van der Waals surface area contributed by atoms with E-state index in [2.05, 4.69) is 6.07 Å². The summed E-state index contributed by atoms with van der Waals surface area (Å²) >= 11 is 0. The lowest BCUT2D eigenvalue weighted by Crippen LogP contribution is -2.21. The number of hydrogen-bond donors (Lipinski definition) is 1. The van der Waals surface area contributed by atoms with Gasteiger partial charge in [-0.3, -0.25) is 0 Å². The summed E-state index contributed by atoms with van der Waals surface area (Å²) in [6.07, 6.45) is 0.783. The van der Waals surface area contributed by atoms with E-state index in [1.807, 2.05) is 12.1 Å². The van der Waals surface area contributed by atoms with Crippen molar-refractivity contribution in [2.75, 3.05) is 6.61 Å². The second kappa shape index (κ2) is 3.08. The van der Waals surface area contributed by atoms with Gasteiger partial charge in [0.1, 0.15) is 5.75 Å². The van der Waals surface area contributed by atoms with E-state index < -0.39 is 0 Å². The molecule has 13 heavy (non-hydrogen) atoms. The van der Waals surface area contributed by atoms with Crippen LogP contribution in [0.3, 0.4) is 0 Å². The first-order chi connectivity index (χ1) is 6.33. The summed E-state index contributed by atoms with van der Waals surface area (Å²) in [7, 11) is 0. The molecule has 1 atom stereocenters. The van der Waals surface area contributed by atoms with E-state index in [0.717, 1.165) is 17.7 Å². The molecule has 1 unspecified atom stereocenters. The Kier molecular flexibility index (Phi) is 1.91. The second-order valence-corrected chi connectivity index (χ2v) is 3.07. The Morgan fingerprint density at radius 1 is 1.54 bits per heavy atom. The fraction of sp³-hybridized carbons (Fsp3) is 0.300. The zero-order chi connectivity index (χ0) is 9.26. The van der Waals surface area contributed by atoms with Crippen LogP contribution in [0.1, 0.15) is 23.6 Å². The number of fused-ring (bicyclic) bond motifs is 1. The molecule has 1 aliphatic rings. The minimum atomic E-state index is -0.0559. The lowest BCUT2D eigenvalue weighted by atomic mass is 9.96. The molecule has 0 fully saturated rings. The number of ether oxygens (including phenoxy) is 1. The fourth-order valence-electron chi connectivity index (χ4n) is 1.59. The Hall–Kier alpha value is -1.53. The monoisotopic (exact) mass is 174 g/mol. The number of benzene rings is 1. The summed E-state index contributed by atoms with van der Waals surface area (Å²) < 4.78 is 5.41. The third-order valence-corrected chi connectivity index (χ3v) is 2.24. The standard InChI is InChI=1S/C10H10N2O/c11-6-7-2-1-3-9-10(7)8(12)4-5-13-9/h1-3,8H,4-5,12H2.